The molecule has 1 fully saturated rings. The highest BCUT2D eigenvalue weighted by Gasteiger charge is 2.23. The third-order valence-electron chi connectivity index (χ3n) is 5.59. The van der Waals surface area contributed by atoms with Gasteiger partial charge >= 0.3 is 5.97 Å². The lowest BCUT2D eigenvalue weighted by Crippen LogP contribution is -2.36. The minimum absolute atomic E-state index is 0.120. The Morgan fingerprint density at radius 1 is 0.914 bits per heavy atom. The normalized spacial score (nSPS) is 13.9. The van der Waals surface area contributed by atoms with E-state index < -0.39 is 17.5 Å². The zero-order valence-corrected chi connectivity index (χ0v) is 20.2. The van der Waals surface area contributed by atoms with Crippen LogP contribution in [0.5, 0.6) is 5.75 Å². The predicted octanol–water partition coefficient (Wildman–Crippen LogP) is 5.10. The summed E-state index contributed by atoms with van der Waals surface area (Å²) in [6.07, 6.45) is 0. The largest absolute Gasteiger partial charge is 0.507 e. The van der Waals surface area contributed by atoms with Crippen molar-refractivity contribution < 1.29 is 24.2 Å². The molecule has 0 radical (unpaired) electrons. The molecule has 1 aliphatic heterocycles. The molecule has 7 heteroatoms. The van der Waals surface area contributed by atoms with Gasteiger partial charge in [-0.3, -0.25) is 4.79 Å². The van der Waals surface area contributed by atoms with Gasteiger partial charge in [-0.05, 0) is 62.2 Å². The molecule has 1 saturated heterocycles. The summed E-state index contributed by atoms with van der Waals surface area (Å²) >= 11 is 0. The number of nitrogens with zero attached hydrogens (tertiary/aromatic N) is 1. The predicted molar refractivity (Wildman–Crippen MR) is 136 cm³/mol. The van der Waals surface area contributed by atoms with Gasteiger partial charge in [0.15, 0.2) is 0 Å². The van der Waals surface area contributed by atoms with Crippen LogP contribution in [0.4, 0.5) is 11.4 Å². The molecule has 0 aromatic heterocycles. The first-order chi connectivity index (χ1) is 16.7. The Bertz CT molecular complexity index is 1210. The quantitative estimate of drug-likeness (QED) is 0.500. The molecule has 0 unspecified atom stereocenters. The lowest BCUT2D eigenvalue weighted by atomic mass is 10.0. The number of carbonyl (C=O) groups is 2. The van der Waals surface area contributed by atoms with Crippen molar-refractivity contribution in [1.29, 1.82) is 0 Å². The van der Waals surface area contributed by atoms with E-state index >= 15 is 0 Å². The van der Waals surface area contributed by atoms with Crippen LogP contribution >= 0.6 is 0 Å². The maximum absolute atomic E-state index is 13.3. The summed E-state index contributed by atoms with van der Waals surface area (Å²) in [5, 5.41) is 13.3. The molecule has 7 nitrogen and oxygen atoms in total. The van der Waals surface area contributed by atoms with Gasteiger partial charge in [0.05, 0.1) is 30.0 Å². The molecule has 1 amide bonds. The van der Waals surface area contributed by atoms with Gasteiger partial charge in [0, 0.05) is 18.8 Å². The molecule has 2 N–H and O–H groups in total. The molecular weight excluding hydrogens is 444 g/mol. The number of phenolic OH excluding ortho intramolecular Hbond substituents is 1. The van der Waals surface area contributed by atoms with Gasteiger partial charge in [-0.25, -0.2) is 4.79 Å². The first-order valence-corrected chi connectivity index (χ1v) is 11.6. The van der Waals surface area contributed by atoms with Crippen molar-refractivity contribution >= 4 is 23.3 Å². The van der Waals surface area contributed by atoms with Crippen molar-refractivity contribution in [2.24, 2.45) is 0 Å². The summed E-state index contributed by atoms with van der Waals surface area (Å²) in [7, 11) is 0. The Morgan fingerprint density at radius 2 is 1.63 bits per heavy atom. The Labute approximate surface area is 205 Å². The number of nitrogens with one attached hydrogen (secondary N) is 1. The first kappa shape index (κ1) is 24.3. The van der Waals surface area contributed by atoms with Gasteiger partial charge < -0.3 is 24.8 Å². The van der Waals surface area contributed by atoms with Crippen molar-refractivity contribution in [2.75, 3.05) is 36.5 Å². The van der Waals surface area contributed by atoms with E-state index in [1.807, 2.05) is 36.4 Å². The number of rotatable bonds is 5. The number of morpholine rings is 1. The number of hydrogen-bond donors (Lipinski definition) is 2. The van der Waals surface area contributed by atoms with Gasteiger partial charge in [-0.15, -0.1) is 0 Å². The first-order valence-electron chi connectivity index (χ1n) is 11.6. The maximum Gasteiger partial charge on any atom is 0.340 e. The molecule has 3 aromatic carbocycles. The van der Waals surface area contributed by atoms with E-state index in [0.29, 0.717) is 32.0 Å². The Morgan fingerprint density at radius 3 is 2.31 bits per heavy atom. The Hall–Kier alpha value is -3.84. The average molecular weight is 475 g/mol. The second-order valence-corrected chi connectivity index (χ2v) is 9.38. The molecule has 3 aromatic rings. The van der Waals surface area contributed by atoms with Crippen LogP contribution in [-0.2, 0) is 9.47 Å². The molecule has 0 aliphatic carbocycles. The minimum atomic E-state index is -0.693. The molecule has 35 heavy (non-hydrogen) atoms. The molecule has 0 atom stereocenters. The summed E-state index contributed by atoms with van der Waals surface area (Å²) in [5.74, 6) is -1.20. The van der Waals surface area contributed by atoms with Gasteiger partial charge in [0.1, 0.15) is 11.4 Å². The number of benzene rings is 3. The smallest absolute Gasteiger partial charge is 0.340 e. The molecule has 182 valence electrons. The summed E-state index contributed by atoms with van der Waals surface area (Å²) in [4.78, 5) is 28.3. The van der Waals surface area contributed by atoms with Gasteiger partial charge in [0.2, 0.25) is 0 Å². The Balaban J connectivity index is 1.68. The van der Waals surface area contributed by atoms with E-state index in [2.05, 4.69) is 10.2 Å². The summed E-state index contributed by atoms with van der Waals surface area (Å²) < 4.78 is 11.0. The lowest BCUT2D eigenvalue weighted by molar-refractivity contribution is 0.00707. The summed E-state index contributed by atoms with van der Waals surface area (Å²) in [6, 6.07) is 19.8. The lowest BCUT2D eigenvalue weighted by Gasteiger charge is -2.29. The number of anilines is 2. The van der Waals surface area contributed by atoms with Crippen LogP contribution in [0.3, 0.4) is 0 Å². The van der Waals surface area contributed by atoms with E-state index in [1.165, 1.54) is 6.07 Å². The molecule has 0 spiro atoms. The fraction of sp³-hybridized carbons (Fsp3) is 0.286. The van der Waals surface area contributed by atoms with Gasteiger partial charge in [-0.1, -0.05) is 36.4 Å². The fourth-order valence-corrected chi connectivity index (χ4v) is 3.88. The fourth-order valence-electron chi connectivity index (χ4n) is 3.88. The van der Waals surface area contributed by atoms with Gasteiger partial charge in [-0.2, -0.15) is 0 Å². The van der Waals surface area contributed by atoms with Gasteiger partial charge in [0.25, 0.3) is 5.91 Å². The summed E-state index contributed by atoms with van der Waals surface area (Å²) in [5.41, 5.74) is 2.56. The van der Waals surface area contributed by atoms with Crippen molar-refractivity contribution in [1.82, 2.24) is 0 Å². The number of phenols is 1. The highest BCUT2D eigenvalue weighted by atomic mass is 16.6. The standard InChI is InChI=1S/C28H30N2O5/c1-28(2,3)35-27(33)22-11-9-20(19-7-5-4-6-8-19)17-24(22)29-26(32)23-18-21(10-12-25(23)31)30-13-15-34-16-14-30/h4-12,17-18,31H,13-16H2,1-3H3,(H,29,32). The SMILES string of the molecule is CC(C)(C)OC(=O)c1ccc(-c2ccccc2)cc1NC(=O)c1cc(N2CCOCC2)ccc1O. The van der Waals surface area contributed by atoms with Crippen LogP contribution in [0.25, 0.3) is 11.1 Å². The van der Waals surface area contributed by atoms with Crippen LogP contribution < -0.4 is 10.2 Å². The average Bonchev–Trinajstić information content (AvgIpc) is 2.84. The number of ether oxygens (including phenoxy) is 2. The monoisotopic (exact) mass is 474 g/mol. The van der Waals surface area contributed by atoms with E-state index in [-0.39, 0.29) is 16.9 Å². The minimum Gasteiger partial charge on any atom is -0.507 e. The molecule has 4 rings (SSSR count). The number of carbonyl (C=O) groups excluding carboxylic acids is 2. The molecule has 1 heterocycles. The Kier molecular flexibility index (Phi) is 7.07. The van der Waals surface area contributed by atoms with Crippen molar-refractivity contribution in [3.8, 4) is 16.9 Å². The second kappa shape index (κ2) is 10.2. The maximum atomic E-state index is 13.3. The zero-order chi connectivity index (χ0) is 25.0. The molecule has 1 aliphatic rings. The molecular formula is C28H30N2O5. The molecule has 0 saturated carbocycles. The van der Waals surface area contributed by atoms with E-state index in [9.17, 15) is 14.7 Å². The number of aromatic hydroxyl groups is 1. The van der Waals surface area contributed by atoms with Crippen LogP contribution in [0.15, 0.2) is 66.7 Å². The van der Waals surface area contributed by atoms with Crippen LogP contribution in [0, 0.1) is 0 Å². The third kappa shape index (κ3) is 6.00. The zero-order valence-electron chi connectivity index (χ0n) is 20.2. The van der Waals surface area contributed by atoms with Crippen LogP contribution in [0.2, 0.25) is 0 Å². The van der Waals surface area contributed by atoms with E-state index in [0.717, 1.165) is 16.8 Å². The van der Waals surface area contributed by atoms with Crippen molar-refractivity contribution in [3.63, 3.8) is 0 Å². The van der Waals surface area contributed by atoms with Crippen LogP contribution in [-0.4, -0.2) is 48.9 Å². The van der Waals surface area contributed by atoms with Crippen LogP contribution in [0.1, 0.15) is 41.5 Å². The number of hydrogen-bond acceptors (Lipinski definition) is 6. The topological polar surface area (TPSA) is 88.1 Å². The second-order valence-electron chi connectivity index (χ2n) is 9.38. The summed E-state index contributed by atoms with van der Waals surface area (Å²) in [6.45, 7) is 7.98. The van der Waals surface area contributed by atoms with E-state index in [4.69, 9.17) is 9.47 Å². The highest BCUT2D eigenvalue weighted by molar-refractivity contribution is 6.10. The number of amides is 1. The molecule has 0 bridgehead atoms. The van der Waals surface area contributed by atoms with E-state index in [1.54, 1.807) is 45.0 Å². The highest BCUT2D eigenvalue weighted by Crippen LogP contribution is 2.30. The van der Waals surface area contributed by atoms with Crippen molar-refractivity contribution in [2.45, 2.75) is 26.4 Å². The van der Waals surface area contributed by atoms with Crippen molar-refractivity contribution in [3.05, 3.63) is 77.9 Å². The third-order valence-corrected chi connectivity index (χ3v) is 5.59. The number of esters is 1.